The second kappa shape index (κ2) is 8.68. The summed E-state index contributed by atoms with van der Waals surface area (Å²) in [6.07, 6.45) is 1.62. The molecular weight excluding hydrogens is 408 g/mol. The molecule has 3 rings (SSSR count). The monoisotopic (exact) mass is 430 g/mol. The zero-order chi connectivity index (χ0) is 21.9. The number of carboxylic acid groups (broad SMARTS) is 1. The number of hydrogen-bond donors (Lipinski definition) is 3. The Balaban J connectivity index is 1.94. The summed E-state index contributed by atoms with van der Waals surface area (Å²) in [4.78, 5) is 26.8. The molecule has 3 aromatic rings. The first-order valence-corrected chi connectivity index (χ1v) is 10.8. The van der Waals surface area contributed by atoms with Gasteiger partial charge in [-0.25, -0.2) is 13.2 Å². The van der Waals surface area contributed by atoms with Crippen LogP contribution in [0.1, 0.15) is 28.4 Å². The number of rotatable bonds is 8. The standard InChI is InChI=1S/C21H22N2O6S/c1-3-29-21(26)19(23-30(27,28)16-7-4-13(2)5-8-16)11-15-12-22-18-9-6-14(20(24)25)10-17(15)18/h4-10,12,19,22-23H,3,11H2,1-2H3,(H,24,25). The normalized spacial score (nSPS) is 12.6. The smallest absolute Gasteiger partial charge is 0.335 e. The molecule has 0 saturated heterocycles. The fourth-order valence-electron chi connectivity index (χ4n) is 3.09. The maximum atomic E-state index is 12.8. The van der Waals surface area contributed by atoms with Gasteiger partial charge in [0.2, 0.25) is 10.0 Å². The van der Waals surface area contributed by atoms with E-state index in [-0.39, 0.29) is 23.5 Å². The molecule has 158 valence electrons. The van der Waals surface area contributed by atoms with E-state index in [0.717, 1.165) is 5.56 Å². The van der Waals surface area contributed by atoms with Crippen molar-refractivity contribution in [2.75, 3.05) is 6.61 Å². The number of hydrogen-bond acceptors (Lipinski definition) is 5. The molecule has 1 heterocycles. The summed E-state index contributed by atoms with van der Waals surface area (Å²) >= 11 is 0. The van der Waals surface area contributed by atoms with Crippen LogP contribution in [-0.4, -0.2) is 43.1 Å². The summed E-state index contributed by atoms with van der Waals surface area (Å²) in [5.74, 6) is -1.79. The van der Waals surface area contributed by atoms with Gasteiger partial charge in [-0.2, -0.15) is 4.72 Å². The Labute approximate surface area is 173 Å². The van der Waals surface area contributed by atoms with E-state index < -0.39 is 28.0 Å². The number of aromatic amines is 1. The number of carbonyl (C=O) groups excluding carboxylic acids is 1. The van der Waals surface area contributed by atoms with Gasteiger partial charge in [-0.1, -0.05) is 17.7 Å². The largest absolute Gasteiger partial charge is 0.478 e. The molecule has 0 bridgehead atoms. The molecule has 9 heteroatoms. The van der Waals surface area contributed by atoms with Gasteiger partial charge in [0.05, 0.1) is 17.1 Å². The Kier molecular flexibility index (Phi) is 6.23. The van der Waals surface area contributed by atoms with Crippen LogP contribution in [0.15, 0.2) is 53.6 Å². The lowest BCUT2D eigenvalue weighted by molar-refractivity contribution is -0.145. The molecule has 3 N–H and O–H groups in total. The van der Waals surface area contributed by atoms with Crippen molar-refractivity contribution in [2.45, 2.75) is 31.2 Å². The molecule has 1 atom stereocenters. The van der Waals surface area contributed by atoms with E-state index in [2.05, 4.69) is 9.71 Å². The second-order valence-corrected chi connectivity index (χ2v) is 8.54. The molecule has 0 spiro atoms. The minimum atomic E-state index is -3.97. The molecule has 0 saturated carbocycles. The molecule has 0 radical (unpaired) electrons. The Morgan fingerprint density at radius 3 is 2.50 bits per heavy atom. The molecule has 0 fully saturated rings. The zero-order valence-electron chi connectivity index (χ0n) is 16.5. The van der Waals surface area contributed by atoms with Gasteiger partial charge >= 0.3 is 11.9 Å². The zero-order valence-corrected chi connectivity index (χ0v) is 17.3. The quantitative estimate of drug-likeness (QED) is 0.472. The Hall–Kier alpha value is -3.17. The van der Waals surface area contributed by atoms with Gasteiger partial charge in [0.25, 0.3) is 0 Å². The first kappa shape index (κ1) is 21.5. The average Bonchev–Trinajstić information content (AvgIpc) is 3.10. The summed E-state index contributed by atoms with van der Waals surface area (Å²) in [5, 5.41) is 9.83. The number of carbonyl (C=O) groups is 2. The lowest BCUT2D eigenvalue weighted by Crippen LogP contribution is -2.43. The average molecular weight is 430 g/mol. The number of aryl methyl sites for hydroxylation is 1. The molecule has 0 aliphatic carbocycles. The Morgan fingerprint density at radius 2 is 1.87 bits per heavy atom. The topological polar surface area (TPSA) is 126 Å². The van der Waals surface area contributed by atoms with Crippen LogP contribution >= 0.6 is 0 Å². The maximum absolute atomic E-state index is 12.8. The second-order valence-electron chi connectivity index (χ2n) is 6.82. The molecule has 2 aromatic carbocycles. The van der Waals surface area contributed by atoms with Gasteiger partial charge in [-0.15, -0.1) is 0 Å². The van der Waals surface area contributed by atoms with E-state index in [4.69, 9.17) is 4.74 Å². The van der Waals surface area contributed by atoms with Crippen LogP contribution in [0.25, 0.3) is 10.9 Å². The van der Waals surface area contributed by atoms with E-state index >= 15 is 0 Å². The number of esters is 1. The molecule has 30 heavy (non-hydrogen) atoms. The van der Waals surface area contributed by atoms with E-state index in [1.54, 1.807) is 31.3 Å². The molecule has 0 aliphatic rings. The van der Waals surface area contributed by atoms with Crippen molar-refractivity contribution in [1.82, 2.24) is 9.71 Å². The highest BCUT2D eigenvalue weighted by Gasteiger charge is 2.28. The third-order valence-corrected chi connectivity index (χ3v) is 6.13. The van der Waals surface area contributed by atoms with Gasteiger partial charge in [0.15, 0.2) is 0 Å². The lowest BCUT2D eigenvalue weighted by atomic mass is 10.0. The molecule has 8 nitrogen and oxygen atoms in total. The van der Waals surface area contributed by atoms with Crippen molar-refractivity contribution in [3.8, 4) is 0 Å². The van der Waals surface area contributed by atoms with Crippen LogP contribution in [0.4, 0.5) is 0 Å². The highest BCUT2D eigenvalue weighted by Crippen LogP contribution is 2.22. The van der Waals surface area contributed by atoms with Crippen molar-refractivity contribution in [1.29, 1.82) is 0 Å². The van der Waals surface area contributed by atoms with Crippen molar-refractivity contribution >= 4 is 32.9 Å². The Morgan fingerprint density at radius 1 is 1.17 bits per heavy atom. The number of aromatic carboxylic acids is 1. The molecule has 1 unspecified atom stereocenters. The predicted molar refractivity (Wildman–Crippen MR) is 111 cm³/mol. The van der Waals surface area contributed by atoms with E-state index in [0.29, 0.717) is 16.5 Å². The number of H-pyrrole nitrogens is 1. The number of aromatic nitrogens is 1. The van der Waals surface area contributed by atoms with Crippen LogP contribution in [0, 0.1) is 6.92 Å². The summed E-state index contributed by atoms with van der Waals surface area (Å²) in [6.45, 7) is 3.57. The van der Waals surface area contributed by atoms with Crippen LogP contribution < -0.4 is 4.72 Å². The number of carboxylic acids is 1. The van der Waals surface area contributed by atoms with Gasteiger partial charge in [0.1, 0.15) is 6.04 Å². The lowest BCUT2D eigenvalue weighted by Gasteiger charge is -2.17. The highest BCUT2D eigenvalue weighted by atomic mass is 32.2. The minimum Gasteiger partial charge on any atom is -0.478 e. The molecule has 0 amide bonds. The predicted octanol–water partition coefficient (Wildman–Crippen LogP) is 2.63. The van der Waals surface area contributed by atoms with Crippen molar-refractivity contribution in [2.24, 2.45) is 0 Å². The summed E-state index contributed by atoms with van der Waals surface area (Å²) in [7, 11) is -3.97. The van der Waals surface area contributed by atoms with Gasteiger partial charge < -0.3 is 14.8 Å². The number of ether oxygens (including phenoxy) is 1. The first-order valence-electron chi connectivity index (χ1n) is 9.30. The summed E-state index contributed by atoms with van der Waals surface area (Å²) in [6, 6.07) is 9.66. The van der Waals surface area contributed by atoms with Crippen LogP contribution in [0.2, 0.25) is 0 Å². The number of fused-ring (bicyclic) bond motifs is 1. The van der Waals surface area contributed by atoms with Crippen LogP contribution in [0.3, 0.4) is 0 Å². The fourth-order valence-corrected chi connectivity index (χ4v) is 4.27. The first-order chi connectivity index (χ1) is 14.2. The van der Waals surface area contributed by atoms with Crippen molar-refractivity contribution in [3.63, 3.8) is 0 Å². The maximum Gasteiger partial charge on any atom is 0.335 e. The van der Waals surface area contributed by atoms with E-state index in [1.165, 1.54) is 24.3 Å². The van der Waals surface area contributed by atoms with Crippen LogP contribution in [-0.2, 0) is 26.0 Å². The summed E-state index contributed by atoms with van der Waals surface area (Å²) < 4.78 is 33.1. The summed E-state index contributed by atoms with van der Waals surface area (Å²) in [5.41, 5.74) is 2.27. The van der Waals surface area contributed by atoms with Crippen molar-refractivity contribution in [3.05, 3.63) is 65.4 Å². The van der Waals surface area contributed by atoms with Gasteiger partial charge in [0, 0.05) is 23.5 Å². The minimum absolute atomic E-state index is 0.00695. The fraction of sp³-hybridized carbons (Fsp3) is 0.238. The van der Waals surface area contributed by atoms with E-state index in [9.17, 15) is 23.1 Å². The SMILES string of the molecule is CCOC(=O)C(Cc1c[nH]c2ccc(C(=O)O)cc12)NS(=O)(=O)c1ccc(C)cc1. The third kappa shape index (κ3) is 4.69. The Bertz CT molecular complexity index is 1180. The number of sulfonamides is 1. The molecule has 0 aliphatic heterocycles. The molecular formula is C21H22N2O6S. The third-order valence-electron chi connectivity index (χ3n) is 4.64. The molecule has 1 aromatic heterocycles. The van der Waals surface area contributed by atoms with Crippen LogP contribution in [0.5, 0.6) is 0 Å². The number of benzene rings is 2. The van der Waals surface area contributed by atoms with Crippen molar-refractivity contribution < 1.29 is 27.9 Å². The number of nitrogens with one attached hydrogen (secondary N) is 2. The van der Waals surface area contributed by atoms with Gasteiger partial charge in [-0.3, -0.25) is 4.79 Å². The van der Waals surface area contributed by atoms with Gasteiger partial charge in [-0.05, 0) is 49.7 Å². The highest BCUT2D eigenvalue weighted by molar-refractivity contribution is 7.89. The van der Waals surface area contributed by atoms with E-state index in [1.807, 2.05) is 6.92 Å².